The third kappa shape index (κ3) is 4.19. The van der Waals surface area contributed by atoms with Crippen molar-refractivity contribution in [2.45, 2.75) is 68.2 Å². The van der Waals surface area contributed by atoms with E-state index in [1.165, 1.54) is 93.2 Å². The molecule has 0 aliphatic rings. The summed E-state index contributed by atoms with van der Waals surface area (Å²) in [6, 6.07) is 29.9. The van der Waals surface area contributed by atoms with Crippen molar-refractivity contribution in [2.75, 3.05) is 0 Å². The first kappa shape index (κ1) is 29.0. The van der Waals surface area contributed by atoms with Gasteiger partial charge in [0, 0.05) is 22.2 Å². The Bertz CT molecular complexity index is 2500. The summed E-state index contributed by atoms with van der Waals surface area (Å²) in [6.45, 7) is 18.8. The lowest BCUT2D eigenvalue weighted by molar-refractivity contribution is -0.643. The van der Waals surface area contributed by atoms with E-state index in [1.807, 2.05) is 0 Å². The molecular formula is C44H45N2+. The van der Waals surface area contributed by atoms with E-state index < -0.39 is 0 Å². The van der Waals surface area contributed by atoms with Crippen LogP contribution in [0, 0.1) is 24.7 Å². The summed E-state index contributed by atoms with van der Waals surface area (Å²) in [5, 5.41) is 9.57. The van der Waals surface area contributed by atoms with Crippen LogP contribution in [0.3, 0.4) is 0 Å². The van der Waals surface area contributed by atoms with Gasteiger partial charge in [-0.3, -0.25) is 0 Å². The molecule has 46 heavy (non-hydrogen) atoms. The van der Waals surface area contributed by atoms with Crippen LogP contribution in [0.1, 0.15) is 63.8 Å². The minimum absolute atomic E-state index is 0.116. The molecule has 2 heteroatoms. The lowest BCUT2D eigenvalue weighted by atomic mass is 9.80. The van der Waals surface area contributed by atoms with Gasteiger partial charge in [0.1, 0.15) is 7.05 Å². The molecular weight excluding hydrogens is 556 g/mol. The zero-order chi connectivity index (χ0) is 32.3. The van der Waals surface area contributed by atoms with Crippen LogP contribution in [0.25, 0.3) is 70.9 Å². The third-order valence-corrected chi connectivity index (χ3v) is 10.1. The quantitative estimate of drug-likeness (QED) is 0.108. The summed E-state index contributed by atoms with van der Waals surface area (Å²) in [6.07, 6.45) is 4.35. The molecule has 0 unspecified atom stereocenters. The first-order chi connectivity index (χ1) is 21.8. The van der Waals surface area contributed by atoms with Gasteiger partial charge in [0.15, 0.2) is 6.20 Å². The number of pyridine rings is 2. The lowest BCUT2D eigenvalue weighted by Gasteiger charge is -2.25. The van der Waals surface area contributed by atoms with Gasteiger partial charge in [-0.2, -0.15) is 0 Å². The molecule has 0 bridgehead atoms. The van der Waals surface area contributed by atoms with Crippen molar-refractivity contribution in [2.24, 2.45) is 17.9 Å². The molecule has 0 spiro atoms. The smallest absolute Gasteiger partial charge is 0.224 e. The van der Waals surface area contributed by atoms with Crippen molar-refractivity contribution in [3.05, 3.63) is 107 Å². The van der Waals surface area contributed by atoms with Crippen LogP contribution in [0.15, 0.2) is 85.1 Å². The summed E-state index contributed by atoms with van der Waals surface area (Å²) in [4.78, 5) is 0. The maximum Gasteiger partial charge on any atom is 0.224 e. The molecule has 0 N–H and O–H groups in total. The Labute approximate surface area is 272 Å². The molecule has 0 aliphatic heterocycles. The Morgan fingerprint density at radius 1 is 0.609 bits per heavy atom. The van der Waals surface area contributed by atoms with E-state index in [4.69, 9.17) is 0 Å². The van der Waals surface area contributed by atoms with E-state index in [1.54, 1.807) is 0 Å². The molecule has 0 saturated carbocycles. The zero-order valence-electron chi connectivity index (χ0n) is 28.9. The average Bonchev–Trinajstić information content (AvgIpc) is 3.34. The number of nitrogens with zero attached hydrogens (tertiary/aromatic N) is 2. The molecule has 5 aromatic carbocycles. The van der Waals surface area contributed by atoms with E-state index in [9.17, 15) is 0 Å². The molecule has 0 saturated heterocycles. The second kappa shape index (κ2) is 9.79. The second-order valence-corrected chi connectivity index (χ2v) is 16.2. The first-order valence-corrected chi connectivity index (χ1v) is 16.9. The molecule has 0 fully saturated rings. The SMILES string of the molecule is Cc1c2cc(CC(C)(C)C)ccc2c(C)c2c1c1c3c(cc[n+]1C)c(-c1ccccc1)c(CC(C)(C)C)c1c4ccccc4n2c13. The zero-order valence-corrected chi connectivity index (χ0v) is 28.9. The van der Waals surface area contributed by atoms with Crippen molar-refractivity contribution >= 4 is 59.8 Å². The molecule has 2 nitrogen and oxygen atoms in total. The number of para-hydroxylation sites is 1. The predicted octanol–water partition coefficient (Wildman–Crippen LogP) is 11.4. The summed E-state index contributed by atoms with van der Waals surface area (Å²) in [5.41, 5.74) is 13.9. The Morgan fingerprint density at radius 2 is 1.30 bits per heavy atom. The minimum Gasteiger partial charge on any atom is -0.307 e. The Kier molecular flexibility index (Phi) is 6.17. The van der Waals surface area contributed by atoms with Crippen molar-refractivity contribution in [3.8, 4) is 11.1 Å². The number of fused-ring (bicyclic) bond motifs is 7. The highest BCUT2D eigenvalue weighted by atomic mass is 15.0. The summed E-state index contributed by atoms with van der Waals surface area (Å²) in [5.74, 6) is 0. The van der Waals surface area contributed by atoms with Gasteiger partial charge in [0.2, 0.25) is 5.52 Å². The predicted molar refractivity (Wildman–Crippen MR) is 199 cm³/mol. The summed E-state index contributed by atoms with van der Waals surface area (Å²) in [7, 11) is 2.24. The third-order valence-electron chi connectivity index (χ3n) is 10.1. The van der Waals surface area contributed by atoms with Crippen LogP contribution in [0.5, 0.6) is 0 Å². The van der Waals surface area contributed by atoms with Crippen molar-refractivity contribution in [3.63, 3.8) is 0 Å². The van der Waals surface area contributed by atoms with Gasteiger partial charge in [-0.15, -0.1) is 0 Å². The number of rotatable bonds is 3. The standard InChI is InChI=1S/C44H45N2/c1-26-33-23-28(24-43(3,4)5)19-20-30(33)27(2)40-36(26)41-39-32(21-22-45(41)9)37(29-15-11-10-12-16-29)34(25-44(6,7)8)38-31-17-13-14-18-35(31)46(40)42(38)39/h10-23H,24-25H2,1-9H3/q+1. The second-order valence-electron chi connectivity index (χ2n) is 16.2. The number of hydrogen-bond donors (Lipinski definition) is 0. The molecule has 8 aromatic rings. The summed E-state index contributed by atoms with van der Waals surface area (Å²) < 4.78 is 5.03. The molecule has 3 heterocycles. The number of hydrogen-bond acceptors (Lipinski definition) is 0. The first-order valence-electron chi connectivity index (χ1n) is 16.9. The Balaban J connectivity index is 1.70. The van der Waals surface area contributed by atoms with Crippen LogP contribution >= 0.6 is 0 Å². The minimum atomic E-state index is 0.116. The van der Waals surface area contributed by atoms with Gasteiger partial charge in [-0.05, 0) is 87.7 Å². The van der Waals surface area contributed by atoms with E-state index in [0.717, 1.165) is 12.8 Å². The lowest BCUT2D eigenvalue weighted by Crippen LogP contribution is -2.29. The van der Waals surface area contributed by atoms with Crippen LogP contribution < -0.4 is 4.57 Å². The van der Waals surface area contributed by atoms with Crippen LogP contribution in [-0.4, -0.2) is 4.40 Å². The van der Waals surface area contributed by atoms with Crippen LogP contribution in [-0.2, 0) is 19.9 Å². The van der Waals surface area contributed by atoms with Crippen molar-refractivity contribution in [1.29, 1.82) is 0 Å². The van der Waals surface area contributed by atoms with Gasteiger partial charge in [0.25, 0.3) is 0 Å². The van der Waals surface area contributed by atoms with Crippen molar-refractivity contribution < 1.29 is 4.57 Å². The Morgan fingerprint density at radius 3 is 2.02 bits per heavy atom. The van der Waals surface area contributed by atoms with Gasteiger partial charge in [0.05, 0.1) is 27.3 Å². The van der Waals surface area contributed by atoms with Gasteiger partial charge in [-0.25, -0.2) is 4.57 Å². The normalized spacial score (nSPS) is 13.1. The molecule has 0 atom stereocenters. The molecule has 3 aromatic heterocycles. The largest absolute Gasteiger partial charge is 0.307 e. The monoisotopic (exact) mass is 601 g/mol. The fourth-order valence-electron chi connectivity index (χ4n) is 8.49. The van der Waals surface area contributed by atoms with Gasteiger partial charge in [-0.1, -0.05) is 108 Å². The number of benzene rings is 5. The van der Waals surface area contributed by atoms with E-state index in [0.29, 0.717) is 0 Å². The highest BCUT2D eigenvalue weighted by Crippen LogP contribution is 2.49. The molecule has 0 amide bonds. The van der Waals surface area contributed by atoms with E-state index in [2.05, 4.69) is 156 Å². The molecule has 0 radical (unpaired) electrons. The highest BCUT2D eigenvalue weighted by Gasteiger charge is 2.31. The maximum absolute atomic E-state index is 2.64. The fourth-order valence-corrected chi connectivity index (χ4v) is 8.49. The van der Waals surface area contributed by atoms with Gasteiger partial charge < -0.3 is 4.40 Å². The average molecular weight is 602 g/mol. The maximum atomic E-state index is 2.64. The molecule has 230 valence electrons. The topological polar surface area (TPSA) is 8.29 Å². The van der Waals surface area contributed by atoms with Crippen LogP contribution in [0.4, 0.5) is 0 Å². The fraction of sp³-hybridized carbons (Fsp3) is 0.295. The van der Waals surface area contributed by atoms with Crippen LogP contribution in [0.2, 0.25) is 0 Å². The number of aromatic nitrogens is 2. The molecule has 0 aliphatic carbocycles. The highest BCUT2D eigenvalue weighted by molar-refractivity contribution is 6.32. The molecule has 8 rings (SSSR count). The van der Waals surface area contributed by atoms with E-state index in [-0.39, 0.29) is 10.8 Å². The van der Waals surface area contributed by atoms with Crippen molar-refractivity contribution in [1.82, 2.24) is 4.40 Å². The van der Waals surface area contributed by atoms with Gasteiger partial charge >= 0.3 is 0 Å². The number of aryl methyl sites for hydroxylation is 3. The Hall–Kier alpha value is -4.43. The van der Waals surface area contributed by atoms with E-state index >= 15 is 0 Å². The summed E-state index contributed by atoms with van der Waals surface area (Å²) >= 11 is 0.